The van der Waals surface area contributed by atoms with E-state index in [9.17, 15) is 0 Å². The topological polar surface area (TPSA) is 58.0 Å². The van der Waals surface area contributed by atoms with E-state index in [1.54, 1.807) is 13.3 Å². The Morgan fingerprint density at radius 2 is 1.83 bits per heavy atom. The molecule has 1 atom stereocenters. The standard InChI is InChI=1S/C29H39N3O4/c1-24-6-9-26(10-7-24)36-22-29(34-3)12-4-15-31(17-13-29)21-25-8-11-27(28(20-25)33-2)35-19-5-16-32-18-14-30-23-32/h6-11,14,18,20,23H,4-5,12-13,15-17,19,21-22H2,1-3H3/t29-/m1/s1. The van der Waals surface area contributed by atoms with Crippen LogP contribution in [0.3, 0.4) is 0 Å². The van der Waals surface area contributed by atoms with Crippen LogP contribution in [0, 0.1) is 6.92 Å². The Labute approximate surface area is 215 Å². The second kappa shape index (κ2) is 12.8. The number of methoxy groups -OCH3 is 2. The van der Waals surface area contributed by atoms with Gasteiger partial charge in [0, 0.05) is 39.1 Å². The van der Waals surface area contributed by atoms with E-state index in [2.05, 4.69) is 45.6 Å². The molecule has 1 aliphatic heterocycles. The molecule has 1 saturated heterocycles. The van der Waals surface area contributed by atoms with Gasteiger partial charge in [0.05, 0.1) is 20.0 Å². The zero-order chi connectivity index (χ0) is 25.2. The molecule has 3 aromatic rings. The minimum absolute atomic E-state index is 0.258. The van der Waals surface area contributed by atoms with E-state index in [0.717, 1.165) is 69.1 Å². The summed E-state index contributed by atoms with van der Waals surface area (Å²) in [4.78, 5) is 6.57. The molecule has 0 saturated carbocycles. The molecule has 7 nitrogen and oxygen atoms in total. The van der Waals surface area contributed by atoms with Crippen molar-refractivity contribution in [3.05, 3.63) is 72.3 Å². The molecule has 7 heteroatoms. The Hall–Kier alpha value is -3.03. The number of benzene rings is 2. The van der Waals surface area contributed by atoms with Gasteiger partial charge in [0.2, 0.25) is 0 Å². The molecular weight excluding hydrogens is 454 g/mol. The van der Waals surface area contributed by atoms with Crippen LogP contribution in [0.2, 0.25) is 0 Å². The number of hydrogen-bond donors (Lipinski definition) is 0. The summed E-state index contributed by atoms with van der Waals surface area (Å²) in [5, 5.41) is 0. The zero-order valence-electron chi connectivity index (χ0n) is 21.8. The number of rotatable bonds is 12. The van der Waals surface area contributed by atoms with Gasteiger partial charge < -0.3 is 23.5 Å². The van der Waals surface area contributed by atoms with Crippen LogP contribution in [-0.2, 0) is 17.8 Å². The molecule has 0 unspecified atom stereocenters. The maximum Gasteiger partial charge on any atom is 0.161 e. The van der Waals surface area contributed by atoms with Gasteiger partial charge in [-0.25, -0.2) is 4.98 Å². The van der Waals surface area contributed by atoms with Crippen molar-refractivity contribution in [2.45, 2.75) is 51.3 Å². The van der Waals surface area contributed by atoms with Gasteiger partial charge in [-0.05, 0) is 69.0 Å². The fourth-order valence-electron chi connectivity index (χ4n) is 4.67. The molecule has 2 aromatic carbocycles. The van der Waals surface area contributed by atoms with Gasteiger partial charge in [-0.1, -0.05) is 23.8 Å². The van der Waals surface area contributed by atoms with E-state index in [-0.39, 0.29) is 5.60 Å². The minimum Gasteiger partial charge on any atom is -0.493 e. The number of aryl methyl sites for hydroxylation is 2. The molecule has 0 bridgehead atoms. The minimum atomic E-state index is -0.258. The Morgan fingerprint density at radius 3 is 2.58 bits per heavy atom. The van der Waals surface area contributed by atoms with Crippen LogP contribution in [0.5, 0.6) is 17.2 Å². The van der Waals surface area contributed by atoms with Crippen LogP contribution in [0.1, 0.15) is 36.8 Å². The summed E-state index contributed by atoms with van der Waals surface area (Å²) < 4.78 is 25.9. The third-order valence-electron chi connectivity index (χ3n) is 6.96. The summed E-state index contributed by atoms with van der Waals surface area (Å²) in [6, 6.07) is 14.5. The lowest BCUT2D eigenvalue weighted by Gasteiger charge is -2.31. The van der Waals surface area contributed by atoms with E-state index >= 15 is 0 Å². The lowest BCUT2D eigenvalue weighted by Crippen LogP contribution is -2.39. The van der Waals surface area contributed by atoms with Crippen LogP contribution in [0.15, 0.2) is 61.2 Å². The van der Waals surface area contributed by atoms with E-state index in [1.807, 2.05) is 37.8 Å². The molecule has 1 aliphatic rings. The SMILES string of the molecule is COc1cc(CN2CCC[C@@](COc3ccc(C)cc3)(OC)CC2)ccc1OCCCn1ccnc1. The second-order valence-corrected chi connectivity index (χ2v) is 9.61. The second-order valence-electron chi connectivity index (χ2n) is 9.61. The fraction of sp³-hybridized carbons (Fsp3) is 0.483. The zero-order valence-corrected chi connectivity index (χ0v) is 21.8. The van der Waals surface area contributed by atoms with Crippen LogP contribution >= 0.6 is 0 Å². The third-order valence-corrected chi connectivity index (χ3v) is 6.96. The van der Waals surface area contributed by atoms with Crippen molar-refractivity contribution >= 4 is 0 Å². The molecule has 194 valence electrons. The number of hydrogen-bond acceptors (Lipinski definition) is 6. The summed E-state index contributed by atoms with van der Waals surface area (Å²) in [6.07, 6.45) is 9.48. The first kappa shape index (κ1) is 26.0. The number of imidazole rings is 1. The highest BCUT2D eigenvalue weighted by atomic mass is 16.5. The van der Waals surface area contributed by atoms with Crippen molar-refractivity contribution in [2.24, 2.45) is 0 Å². The van der Waals surface area contributed by atoms with Crippen molar-refractivity contribution in [1.29, 1.82) is 0 Å². The highest BCUT2D eigenvalue weighted by molar-refractivity contribution is 5.43. The molecule has 0 amide bonds. The largest absolute Gasteiger partial charge is 0.493 e. The Kier molecular flexibility index (Phi) is 9.25. The number of nitrogens with zero attached hydrogens (tertiary/aromatic N) is 3. The Morgan fingerprint density at radius 1 is 0.972 bits per heavy atom. The predicted molar refractivity (Wildman–Crippen MR) is 141 cm³/mol. The maximum absolute atomic E-state index is 6.13. The summed E-state index contributed by atoms with van der Waals surface area (Å²) in [6.45, 7) is 7.03. The predicted octanol–water partition coefficient (Wildman–Crippen LogP) is 5.12. The maximum atomic E-state index is 6.13. The molecule has 2 heterocycles. The smallest absolute Gasteiger partial charge is 0.161 e. The van der Waals surface area contributed by atoms with Gasteiger partial charge in [0.25, 0.3) is 0 Å². The average molecular weight is 494 g/mol. The molecule has 4 rings (SSSR count). The first-order chi connectivity index (χ1) is 17.6. The van der Waals surface area contributed by atoms with Crippen LogP contribution < -0.4 is 14.2 Å². The third kappa shape index (κ3) is 7.24. The van der Waals surface area contributed by atoms with Crippen molar-refractivity contribution in [1.82, 2.24) is 14.5 Å². The summed E-state index contributed by atoms with van der Waals surface area (Å²) in [7, 11) is 3.51. The van der Waals surface area contributed by atoms with Gasteiger partial charge in [-0.2, -0.15) is 0 Å². The molecule has 1 aromatic heterocycles. The fourth-order valence-corrected chi connectivity index (χ4v) is 4.67. The molecular formula is C29H39N3O4. The van der Waals surface area contributed by atoms with Gasteiger partial charge in [-0.15, -0.1) is 0 Å². The van der Waals surface area contributed by atoms with E-state index in [1.165, 1.54) is 11.1 Å². The van der Waals surface area contributed by atoms with E-state index in [4.69, 9.17) is 18.9 Å². The summed E-state index contributed by atoms with van der Waals surface area (Å²) in [5.74, 6) is 2.46. The monoisotopic (exact) mass is 493 g/mol. The van der Waals surface area contributed by atoms with Crippen LogP contribution in [0.25, 0.3) is 0 Å². The van der Waals surface area contributed by atoms with E-state index < -0.39 is 0 Å². The number of aromatic nitrogens is 2. The van der Waals surface area contributed by atoms with Crippen LogP contribution in [0.4, 0.5) is 0 Å². The number of ether oxygens (including phenoxy) is 4. The number of likely N-dealkylation sites (tertiary alicyclic amines) is 1. The van der Waals surface area contributed by atoms with Gasteiger partial charge in [0.1, 0.15) is 18.0 Å². The van der Waals surface area contributed by atoms with Crippen molar-refractivity contribution in [3.63, 3.8) is 0 Å². The normalized spacial score (nSPS) is 18.5. The first-order valence-corrected chi connectivity index (χ1v) is 12.8. The van der Waals surface area contributed by atoms with Crippen molar-refractivity contribution in [2.75, 3.05) is 40.5 Å². The quantitative estimate of drug-likeness (QED) is 0.327. The van der Waals surface area contributed by atoms with E-state index in [0.29, 0.717) is 13.2 Å². The highest BCUT2D eigenvalue weighted by Gasteiger charge is 2.33. The highest BCUT2D eigenvalue weighted by Crippen LogP contribution is 2.31. The Balaban J connectivity index is 1.28. The van der Waals surface area contributed by atoms with Crippen molar-refractivity contribution in [3.8, 4) is 17.2 Å². The first-order valence-electron chi connectivity index (χ1n) is 12.8. The molecule has 0 aliphatic carbocycles. The molecule has 0 radical (unpaired) electrons. The molecule has 1 fully saturated rings. The Bertz CT molecular complexity index is 1050. The van der Waals surface area contributed by atoms with Gasteiger partial charge in [-0.3, -0.25) is 4.90 Å². The summed E-state index contributed by atoms with van der Waals surface area (Å²) >= 11 is 0. The lowest BCUT2D eigenvalue weighted by molar-refractivity contribution is -0.0541. The van der Waals surface area contributed by atoms with Crippen molar-refractivity contribution < 1.29 is 18.9 Å². The molecule has 0 spiro atoms. The van der Waals surface area contributed by atoms with Gasteiger partial charge in [0.15, 0.2) is 11.5 Å². The molecule has 36 heavy (non-hydrogen) atoms. The lowest BCUT2D eigenvalue weighted by atomic mass is 9.95. The van der Waals surface area contributed by atoms with Crippen LogP contribution in [-0.4, -0.2) is 60.6 Å². The molecule has 0 N–H and O–H groups in total. The summed E-state index contributed by atoms with van der Waals surface area (Å²) in [5.41, 5.74) is 2.19. The average Bonchev–Trinajstić information content (AvgIpc) is 3.34. The van der Waals surface area contributed by atoms with Gasteiger partial charge >= 0.3 is 0 Å².